The summed E-state index contributed by atoms with van der Waals surface area (Å²) < 4.78 is 0. The fourth-order valence-corrected chi connectivity index (χ4v) is 2.61. The Morgan fingerprint density at radius 2 is 0.864 bits per heavy atom. The van der Waals surface area contributed by atoms with Crippen molar-refractivity contribution < 1.29 is 0 Å². The molecule has 0 aliphatic heterocycles. The molecule has 0 saturated heterocycles. The van der Waals surface area contributed by atoms with Gasteiger partial charge in [0.05, 0.1) is 0 Å². The normalized spacial score (nSPS) is 10.5. The second-order valence-corrected chi connectivity index (χ2v) is 5.57. The third-order valence-electron chi connectivity index (χ3n) is 3.92. The minimum absolute atomic E-state index is 0.851. The van der Waals surface area contributed by atoms with Gasteiger partial charge in [-0.3, -0.25) is 0 Å². The summed E-state index contributed by atoms with van der Waals surface area (Å²) >= 11 is 0. The molecule has 0 radical (unpaired) electrons. The van der Waals surface area contributed by atoms with E-state index in [1.807, 2.05) is 36.4 Å². The Morgan fingerprint density at radius 3 is 1.23 bits per heavy atom. The summed E-state index contributed by atoms with van der Waals surface area (Å²) in [5.41, 5.74) is 18.6. The molecule has 0 amide bonds. The monoisotopic (exact) mass is 288 g/mol. The van der Waals surface area contributed by atoms with Gasteiger partial charge in [0.2, 0.25) is 0 Å². The number of hydrogen-bond donors (Lipinski definition) is 2. The SMILES string of the molecule is Nc1ccccc1Cc1ccc(Cc2ccccc2N)cc1. The van der Waals surface area contributed by atoms with Crippen LogP contribution in [0.3, 0.4) is 0 Å². The van der Waals surface area contributed by atoms with Crippen LogP contribution in [0, 0.1) is 0 Å². The Hall–Kier alpha value is -2.74. The van der Waals surface area contributed by atoms with Crippen molar-refractivity contribution in [1.82, 2.24) is 0 Å². The summed E-state index contributed by atoms with van der Waals surface area (Å²) in [7, 11) is 0. The van der Waals surface area contributed by atoms with Crippen molar-refractivity contribution in [2.45, 2.75) is 12.8 Å². The highest BCUT2D eigenvalue weighted by Gasteiger charge is 2.02. The molecule has 0 atom stereocenters. The summed E-state index contributed by atoms with van der Waals surface area (Å²) in [4.78, 5) is 0. The molecule has 0 aliphatic rings. The molecule has 3 aromatic rings. The molecule has 3 rings (SSSR count). The largest absolute Gasteiger partial charge is 0.398 e. The lowest BCUT2D eigenvalue weighted by Crippen LogP contribution is -1.97. The van der Waals surface area contributed by atoms with Gasteiger partial charge in [-0.2, -0.15) is 0 Å². The molecular formula is C20H20N2. The van der Waals surface area contributed by atoms with E-state index < -0.39 is 0 Å². The Bertz CT molecular complexity index is 694. The van der Waals surface area contributed by atoms with Crippen molar-refractivity contribution >= 4 is 11.4 Å². The lowest BCUT2D eigenvalue weighted by molar-refractivity contribution is 1.15. The lowest BCUT2D eigenvalue weighted by atomic mass is 9.99. The van der Waals surface area contributed by atoms with E-state index in [0.29, 0.717) is 0 Å². The van der Waals surface area contributed by atoms with Gasteiger partial charge in [0.25, 0.3) is 0 Å². The number of hydrogen-bond acceptors (Lipinski definition) is 2. The van der Waals surface area contributed by atoms with Crippen molar-refractivity contribution in [1.29, 1.82) is 0 Å². The molecule has 110 valence electrons. The highest BCUT2D eigenvalue weighted by Crippen LogP contribution is 2.19. The van der Waals surface area contributed by atoms with Crippen LogP contribution in [0.25, 0.3) is 0 Å². The van der Waals surface area contributed by atoms with Crippen LogP contribution in [-0.2, 0) is 12.8 Å². The third-order valence-corrected chi connectivity index (χ3v) is 3.92. The first kappa shape index (κ1) is 14.2. The Balaban J connectivity index is 1.73. The maximum atomic E-state index is 6.00. The third kappa shape index (κ3) is 3.29. The number of anilines is 2. The van der Waals surface area contributed by atoms with Gasteiger partial charge in [-0.25, -0.2) is 0 Å². The van der Waals surface area contributed by atoms with Crippen LogP contribution >= 0.6 is 0 Å². The topological polar surface area (TPSA) is 52.0 Å². The van der Waals surface area contributed by atoms with Crippen molar-refractivity contribution in [3.8, 4) is 0 Å². The van der Waals surface area contributed by atoms with E-state index in [0.717, 1.165) is 24.2 Å². The van der Waals surface area contributed by atoms with Crippen molar-refractivity contribution in [2.75, 3.05) is 11.5 Å². The molecule has 0 heterocycles. The van der Waals surface area contributed by atoms with Gasteiger partial charge in [-0.15, -0.1) is 0 Å². The smallest absolute Gasteiger partial charge is 0.0349 e. The summed E-state index contributed by atoms with van der Waals surface area (Å²) in [6.07, 6.45) is 1.72. The van der Waals surface area contributed by atoms with Gasteiger partial charge >= 0.3 is 0 Å². The molecule has 2 heteroatoms. The Kier molecular flexibility index (Phi) is 4.10. The van der Waals surface area contributed by atoms with Crippen LogP contribution in [0.5, 0.6) is 0 Å². The molecule has 0 saturated carbocycles. The van der Waals surface area contributed by atoms with Gasteiger partial charge in [-0.05, 0) is 47.2 Å². The maximum Gasteiger partial charge on any atom is 0.0349 e. The second kappa shape index (κ2) is 6.35. The average Bonchev–Trinajstić information content (AvgIpc) is 2.54. The van der Waals surface area contributed by atoms with E-state index in [4.69, 9.17) is 11.5 Å². The van der Waals surface area contributed by atoms with Crippen LogP contribution in [0.2, 0.25) is 0 Å². The zero-order valence-electron chi connectivity index (χ0n) is 12.5. The van der Waals surface area contributed by atoms with Crippen LogP contribution in [-0.4, -0.2) is 0 Å². The second-order valence-electron chi connectivity index (χ2n) is 5.57. The predicted molar refractivity (Wildman–Crippen MR) is 93.8 cm³/mol. The van der Waals surface area contributed by atoms with Crippen molar-refractivity contribution in [3.05, 3.63) is 95.1 Å². The van der Waals surface area contributed by atoms with Gasteiger partial charge < -0.3 is 11.5 Å². The van der Waals surface area contributed by atoms with Crippen LogP contribution in [0.4, 0.5) is 11.4 Å². The minimum Gasteiger partial charge on any atom is -0.398 e. The molecule has 0 bridgehead atoms. The predicted octanol–water partition coefficient (Wildman–Crippen LogP) is 4.03. The first-order valence-corrected chi connectivity index (χ1v) is 7.47. The Morgan fingerprint density at radius 1 is 0.500 bits per heavy atom. The van der Waals surface area contributed by atoms with Crippen LogP contribution in [0.15, 0.2) is 72.8 Å². The molecule has 22 heavy (non-hydrogen) atoms. The zero-order valence-corrected chi connectivity index (χ0v) is 12.5. The Labute approximate surface area is 131 Å². The van der Waals surface area contributed by atoms with E-state index in [2.05, 4.69) is 36.4 Å². The lowest BCUT2D eigenvalue weighted by Gasteiger charge is -2.08. The van der Waals surface area contributed by atoms with E-state index in [9.17, 15) is 0 Å². The summed E-state index contributed by atoms with van der Waals surface area (Å²) in [6, 6.07) is 24.7. The van der Waals surface area contributed by atoms with Gasteiger partial charge in [-0.1, -0.05) is 60.7 Å². The average molecular weight is 288 g/mol. The minimum atomic E-state index is 0.851. The first-order valence-electron chi connectivity index (χ1n) is 7.47. The van der Waals surface area contributed by atoms with Gasteiger partial charge in [0.15, 0.2) is 0 Å². The van der Waals surface area contributed by atoms with Crippen LogP contribution < -0.4 is 11.5 Å². The highest BCUT2D eigenvalue weighted by atomic mass is 14.6. The number of nitrogens with two attached hydrogens (primary N) is 2. The number of rotatable bonds is 4. The first-order chi connectivity index (χ1) is 10.7. The van der Waals surface area contributed by atoms with E-state index in [-0.39, 0.29) is 0 Å². The van der Waals surface area contributed by atoms with Crippen LogP contribution in [0.1, 0.15) is 22.3 Å². The molecule has 0 unspecified atom stereocenters. The quantitative estimate of drug-likeness (QED) is 0.712. The molecular weight excluding hydrogens is 268 g/mol. The summed E-state index contributed by atoms with van der Waals surface area (Å²) in [6.45, 7) is 0. The maximum absolute atomic E-state index is 6.00. The number of para-hydroxylation sites is 2. The molecule has 3 aromatic carbocycles. The molecule has 2 nitrogen and oxygen atoms in total. The highest BCUT2D eigenvalue weighted by molar-refractivity contribution is 5.50. The van der Waals surface area contributed by atoms with Gasteiger partial charge in [0.1, 0.15) is 0 Å². The molecule has 0 spiro atoms. The molecule has 0 fully saturated rings. The zero-order chi connectivity index (χ0) is 15.4. The van der Waals surface area contributed by atoms with E-state index in [1.165, 1.54) is 22.3 Å². The fraction of sp³-hybridized carbons (Fsp3) is 0.100. The number of nitrogen functional groups attached to an aromatic ring is 2. The standard InChI is InChI=1S/C20H20N2/c21-19-7-3-1-5-17(19)13-15-9-11-16(12-10-15)14-18-6-2-4-8-20(18)22/h1-12H,13-14,21-22H2. The molecule has 4 N–H and O–H groups in total. The molecule has 0 aliphatic carbocycles. The van der Waals surface area contributed by atoms with Crippen molar-refractivity contribution in [2.24, 2.45) is 0 Å². The van der Waals surface area contributed by atoms with E-state index in [1.54, 1.807) is 0 Å². The van der Waals surface area contributed by atoms with Gasteiger partial charge in [0, 0.05) is 11.4 Å². The molecule has 0 aromatic heterocycles. The van der Waals surface area contributed by atoms with E-state index >= 15 is 0 Å². The summed E-state index contributed by atoms with van der Waals surface area (Å²) in [5.74, 6) is 0. The fourth-order valence-electron chi connectivity index (χ4n) is 2.61. The number of benzene rings is 3. The summed E-state index contributed by atoms with van der Waals surface area (Å²) in [5, 5.41) is 0. The van der Waals surface area contributed by atoms with Crippen molar-refractivity contribution in [3.63, 3.8) is 0 Å².